The molecule has 1 aromatic rings. The second-order valence-corrected chi connectivity index (χ2v) is 6.18. The van der Waals surface area contributed by atoms with Crippen LogP contribution >= 0.6 is 15.9 Å². The number of amides is 1. The third-order valence-corrected chi connectivity index (χ3v) is 4.04. The van der Waals surface area contributed by atoms with Gasteiger partial charge in [0.1, 0.15) is 5.75 Å². The molecule has 0 saturated carbocycles. The fraction of sp³-hybridized carbons (Fsp3) is 0.533. The summed E-state index contributed by atoms with van der Waals surface area (Å²) in [7, 11) is 0. The largest absolute Gasteiger partial charge is 0.481 e. The lowest BCUT2D eigenvalue weighted by molar-refractivity contribution is -0.130. The fourth-order valence-corrected chi connectivity index (χ4v) is 2.36. The van der Waals surface area contributed by atoms with E-state index in [9.17, 15) is 9.90 Å². The van der Waals surface area contributed by atoms with Crippen molar-refractivity contribution < 1.29 is 19.4 Å². The number of nitrogens with one attached hydrogen (secondary N) is 1. The van der Waals surface area contributed by atoms with Crippen LogP contribution in [0.4, 0.5) is 0 Å². The molecule has 1 amide bonds. The lowest BCUT2D eigenvalue weighted by atomic mass is 9.94. The minimum Gasteiger partial charge on any atom is -0.481 e. The number of rotatable bonds is 5. The van der Waals surface area contributed by atoms with Crippen molar-refractivity contribution in [1.29, 1.82) is 0 Å². The van der Waals surface area contributed by atoms with Gasteiger partial charge >= 0.3 is 0 Å². The maximum Gasteiger partial charge on any atom is 0.260 e. The molecule has 1 heterocycles. The number of halogens is 1. The lowest BCUT2D eigenvalue weighted by Gasteiger charge is -2.32. The molecule has 1 aliphatic heterocycles. The molecule has 1 atom stereocenters. The van der Waals surface area contributed by atoms with E-state index in [1.54, 1.807) is 19.1 Å². The second kappa shape index (κ2) is 7.24. The number of ether oxygens (including phenoxy) is 2. The van der Waals surface area contributed by atoms with Crippen molar-refractivity contribution >= 4 is 21.8 Å². The maximum absolute atomic E-state index is 12.0. The van der Waals surface area contributed by atoms with E-state index in [2.05, 4.69) is 21.2 Å². The first-order valence-corrected chi connectivity index (χ1v) is 7.78. The van der Waals surface area contributed by atoms with Crippen LogP contribution in [0.25, 0.3) is 0 Å². The molecule has 1 fully saturated rings. The van der Waals surface area contributed by atoms with Gasteiger partial charge in [-0.05, 0) is 31.2 Å². The Bertz CT molecular complexity index is 471. The molecular formula is C15H20BrNO4. The summed E-state index contributed by atoms with van der Waals surface area (Å²) in [6.07, 6.45) is 0.458. The predicted octanol–water partition coefficient (Wildman–Crippen LogP) is 1.87. The third kappa shape index (κ3) is 4.98. The number of hydrogen-bond donors (Lipinski definition) is 2. The first-order valence-electron chi connectivity index (χ1n) is 6.99. The zero-order valence-corrected chi connectivity index (χ0v) is 13.6. The molecule has 0 bridgehead atoms. The molecule has 5 nitrogen and oxygen atoms in total. The minimum absolute atomic E-state index is 0.225. The van der Waals surface area contributed by atoms with Crippen molar-refractivity contribution in [3.8, 4) is 5.75 Å². The van der Waals surface area contributed by atoms with Crippen molar-refractivity contribution in [2.24, 2.45) is 0 Å². The first kappa shape index (κ1) is 16.3. The van der Waals surface area contributed by atoms with Gasteiger partial charge in [0.05, 0.1) is 5.60 Å². The van der Waals surface area contributed by atoms with Crippen molar-refractivity contribution in [2.75, 3.05) is 19.8 Å². The van der Waals surface area contributed by atoms with Crippen molar-refractivity contribution in [2.45, 2.75) is 31.5 Å². The van der Waals surface area contributed by atoms with Gasteiger partial charge in [-0.2, -0.15) is 0 Å². The molecule has 0 aromatic heterocycles. The van der Waals surface area contributed by atoms with Gasteiger partial charge in [-0.15, -0.1) is 0 Å². The molecule has 1 saturated heterocycles. The Hall–Kier alpha value is -1.11. The highest BCUT2D eigenvalue weighted by atomic mass is 79.9. The highest BCUT2D eigenvalue weighted by Crippen LogP contribution is 2.20. The summed E-state index contributed by atoms with van der Waals surface area (Å²) < 4.78 is 11.7. The summed E-state index contributed by atoms with van der Waals surface area (Å²) in [6, 6.07) is 7.29. The van der Waals surface area contributed by atoms with Crippen LogP contribution in [0, 0.1) is 0 Å². The molecule has 0 aliphatic carbocycles. The molecule has 0 radical (unpaired) electrons. The summed E-state index contributed by atoms with van der Waals surface area (Å²) in [5, 5.41) is 13.0. The summed E-state index contributed by atoms with van der Waals surface area (Å²) in [4.78, 5) is 12.0. The van der Waals surface area contributed by atoms with E-state index < -0.39 is 11.7 Å². The highest BCUT2D eigenvalue weighted by molar-refractivity contribution is 9.10. The van der Waals surface area contributed by atoms with E-state index in [1.807, 2.05) is 12.1 Å². The Kier molecular flexibility index (Phi) is 5.61. The van der Waals surface area contributed by atoms with Crippen LogP contribution in [0.5, 0.6) is 5.75 Å². The van der Waals surface area contributed by atoms with Gasteiger partial charge in [-0.1, -0.05) is 15.9 Å². The van der Waals surface area contributed by atoms with E-state index in [0.717, 1.165) is 4.47 Å². The summed E-state index contributed by atoms with van der Waals surface area (Å²) in [5.74, 6) is 0.392. The van der Waals surface area contributed by atoms with E-state index in [1.165, 1.54) is 0 Å². The average Bonchev–Trinajstić information content (AvgIpc) is 2.48. The topological polar surface area (TPSA) is 67.8 Å². The molecule has 2 N–H and O–H groups in total. The molecule has 6 heteroatoms. The van der Waals surface area contributed by atoms with Crippen LogP contribution in [0.3, 0.4) is 0 Å². The zero-order valence-electron chi connectivity index (χ0n) is 12.0. The highest BCUT2D eigenvalue weighted by Gasteiger charge is 2.30. The summed E-state index contributed by atoms with van der Waals surface area (Å²) in [6.45, 7) is 2.96. The Labute approximate surface area is 132 Å². The molecule has 1 unspecified atom stereocenters. The van der Waals surface area contributed by atoms with Crippen molar-refractivity contribution in [3.05, 3.63) is 28.7 Å². The Balaban J connectivity index is 1.80. The van der Waals surface area contributed by atoms with Gasteiger partial charge in [0.15, 0.2) is 6.10 Å². The van der Waals surface area contributed by atoms with Gasteiger partial charge < -0.3 is 19.9 Å². The number of benzene rings is 1. The predicted molar refractivity (Wildman–Crippen MR) is 82.2 cm³/mol. The Morgan fingerprint density at radius 3 is 2.67 bits per heavy atom. The van der Waals surface area contributed by atoms with Crippen LogP contribution < -0.4 is 10.1 Å². The van der Waals surface area contributed by atoms with Gasteiger partial charge in [-0.3, -0.25) is 4.79 Å². The molecular weight excluding hydrogens is 338 g/mol. The normalized spacial score (nSPS) is 18.8. The molecule has 1 aliphatic rings. The summed E-state index contributed by atoms with van der Waals surface area (Å²) in [5.41, 5.74) is -0.870. The van der Waals surface area contributed by atoms with Crippen molar-refractivity contribution in [1.82, 2.24) is 5.32 Å². The first-order chi connectivity index (χ1) is 9.98. The van der Waals surface area contributed by atoms with E-state index >= 15 is 0 Å². The van der Waals surface area contributed by atoms with Crippen LogP contribution in [-0.2, 0) is 9.53 Å². The Morgan fingerprint density at radius 1 is 1.43 bits per heavy atom. The quantitative estimate of drug-likeness (QED) is 0.844. The standard InChI is InChI=1S/C15H20BrNO4/c1-11(21-13-4-2-12(16)3-5-13)14(18)17-10-15(19)6-8-20-9-7-15/h2-5,11,19H,6-10H2,1H3,(H,17,18). The van der Waals surface area contributed by atoms with Crippen LogP contribution in [0.1, 0.15) is 19.8 Å². The number of hydrogen-bond acceptors (Lipinski definition) is 4. The van der Waals surface area contributed by atoms with Crippen LogP contribution in [-0.4, -0.2) is 42.5 Å². The van der Waals surface area contributed by atoms with Gasteiger partial charge in [-0.25, -0.2) is 0 Å². The van der Waals surface area contributed by atoms with E-state index in [4.69, 9.17) is 9.47 Å². The van der Waals surface area contributed by atoms with Crippen LogP contribution in [0.2, 0.25) is 0 Å². The zero-order chi connectivity index (χ0) is 15.3. The van der Waals surface area contributed by atoms with Crippen LogP contribution in [0.15, 0.2) is 28.7 Å². The number of carbonyl (C=O) groups excluding carboxylic acids is 1. The van der Waals surface area contributed by atoms with E-state index in [-0.39, 0.29) is 12.5 Å². The SMILES string of the molecule is CC(Oc1ccc(Br)cc1)C(=O)NCC1(O)CCOCC1. The van der Waals surface area contributed by atoms with Gasteiger partial charge in [0.25, 0.3) is 5.91 Å². The molecule has 2 rings (SSSR count). The van der Waals surface area contributed by atoms with E-state index in [0.29, 0.717) is 31.8 Å². The lowest BCUT2D eigenvalue weighted by Crippen LogP contribution is -2.49. The molecule has 1 aromatic carbocycles. The number of aliphatic hydroxyl groups is 1. The third-order valence-electron chi connectivity index (χ3n) is 3.51. The van der Waals surface area contributed by atoms with Crippen molar-refractivity contribution in [3.63, 3.8) is 0 Å². The molecule has 21 heavy (non-hydrogen) atoms. The monoisotopic (exact) mass is 357 g/mol. The maximum atomic E-state index is 12.0. The minimum atomic E-state index is -0.870. The Morgan fingerprint density at radius 2 is 2.05 bits per heavy atom. The average molecular weight is 358 g/mol. The second-order valence-electron chi connectivity index (χ2n) is 5.27. The smallest absolute Gasteiger partial charge is 0.260 e. The fourth-order valence-electron chi connectivity index (χ4n) is 2.09. The summed E-state index contributed by atoms with van der Waals surface area (Å²) >= 11 is 3.34. The van der Waals surface area contributed by atoms with Gasteiger partial charge in [0.2, 0.25) is 0 Å². The van der Waals surface area contributed by atoms with Gasteiger partial charge in [0, 0.05) is 37.1 Å². The number of carbonyl (C=O) groups is 1. The molecule has 116 valence electrons. The molecule has 0 spiro atoms.